The maximum absolute atomic E-state index is 10.8. The monoisotopic (exact) mass is 220 g/mol. The predicted molar refractivity (Wildman–Crippen MR) is 57.6 cm³/mol. The van der Waals surface area contributed by atoms with Gasteiger partial charge in [-0.2, -0.15) is 5.26 Å². The van der Waals surface area contributed by atoms with E-state index in [-0.39, 0.29) is 17.2 Å². The lowest BCUT2D eigenvalue weighted by molar-refractivity contribution is -0.386. The first-order chi connectivity index (χ1) is 7.47. The van der Waals surface area contributed by atoms with Crippen LogP contribution >= 0.6 is 0 Å². The Hall–Kier alpha value is -1.93. The fraction of sp³-hybridized carbons (Fsp3) is 0.364. The molecule has 1 atom stereocenters. The molecule has 5 nitrogen and oxygen atoms in total. The van der Waals surface area contributed by atoms with Crippen molar-refractivity contribution < 1.29 is 10.0 Å². The zero-order valence-electron chi connectivity index (χ0n) is 9.04. The maximum Gasteiger partial charge on any atom is 0.275 e. The van der Waals surface area contributed by atoms with E-state index in [1.807, 2.05) is 6.07 Å². The molecule has 1 aromatic carbocycles. The van der Waals surface area contributed by atoms with E-state index in [1.54, 1.807) is 13.8 Å². The lowest BCUT2D eigenvalue weighted by Gasteiger charge is -2.14. The van der Waals surface area contributed by atoms with E-state index in [0.29, 0.717) is 5.56 Å². The lowest BCUT2D eigenvalue weighted by Crippen LogP contribution is -2.08. The third-order valence-corrected chi connectivity index (χ3v) is 2.30. The minimum absolute atomic E-state index is 0.146. The molecule has 0 aromatic heterocycles. The predicted octanol–water partition coefficient (Wildman–Crippen LogP) is 2.16. The summed E-state index contributed by atoms with van der Waals surface area (Å²) in [5.41, 5.74) is 0.347. The molecule has 0 saturated heterocycles. The highest BCUT2D eigenvalue weighted by molar-refractivity contribution is 5.47. The molecule has 1 unspecified atom stereocenters. The number of hydrogen-bond acceptors (Lipinski definition) is 4. The molecular weight excluding hydrogens is 208 g/mol. The van der Waals surface area contributed by atoms with Crippen molar-refractivity contribution in [2.24, 2.45) is 5.92 Å². The van der Waals surface area contributed by atoms with Gasteiger partial charge in [0.25, 0.3) is 5.69 Å². The summed E-state index contributed by atoms with van der Waals surface area (Å²) in [7, 11) is 0. The van der Waals surface area contributed by atoms with Crippen LogP contribution < -0.4 is 0 Å². The van der Waals surface area contributed by atoms with E-state index in [4.69, 9.17) is 5.26 Å². The minimum Gasteiger partial charge on any atom is -0.388 e. The third-order valence-electron chi connectivity index (χ3n) is 2.30. The van der Waals surface area contributed by atoms with Crippen molar-refractivity contribution in [3.63, 3.8) is 0 Å². The Kier molecular flexibility index (Phi) is 3.59. The number of aliphatic hydroxyl groups is 1. The summed E-state index contributed by atoms with van der Waals surface area (Å²) in [6.45, 7) is 3.51. The normalized spacial score (nSPS) is 12.2. The average Bonchev–Trinajstić information content (AvgIpc) is 2.26. The van der Waals surface area contributed by atoms with Gasteiger partial charge in [-0.3, -0.25) is 10.1 Å². The van der Waals surface area contributed by atoms with E-state index in [2.05, 4.69) is 0 Å². The van der Waals surface area contributed by atoms with Gasteiger partial charge in [0.1, 0.15) is 0 Å². The van der Waals surface area contributed by atoms with Gasteiger partial charge < -0.3 is 5.11 Å². The molecule has 0 radical (unpaired) electrons. The van der Waals surface area contributed by atoms with E-state index in [0.717, 1.165) is 0 Å². The number of nitro groups is 1. The summed E-state index contributed by atoms with van der Waals surface area (Å²) >= 11 is 0. The van der Waals surface area contributed by atoms with Gasteiger partial charge in [-0.25, -0.2) is 0 Å². The van der Waals surface area contributed by atoms with Crippen molar-refractivity contribution in [3.8, 4) is 6.07 Å². The third kappa shape index (κ3) is 2.35. The molecule has 1 aromatic rings. The SMILES string of the molecule is CC(C)C(O)c1cc(C#N)ccc1[N+](=O)[O-]. The van der Waals surface area contributed by atoms with Gasteiger partial charge in [0.15, 0.2) is 0 Å². The number of rotatable bonds is 3. The Labute approximate surface area is 93.1 Å². The zero-order chi connectivity index (χ0) is 12.3. The Bertz CT molecular complexity index is 449. The largest absolute Gasteiger partial charge is 0.388 e. The van der Waals surface area contributed by atoms with Gasteiger partial charge >= 0.3 is 0 Å². The van der Waals surface area contributed by atoms with Crippen LogP contribution in [0.2, 0.25) is 0 Å². The molecule has 1 rings (SSSR count). The van der Waals surface area contributed by atoms with Crippen LogP contribution in [0.15, 0.2) is 18.2 Å². The average molecular weight is 220 g/mol. The number of benzene rings is 1. The topological polar surface area (TPSA) is 87.2 Å². The zero-order valence-corrected chi connectivity index (χ0v) is 9.04. The fourth-order valence-electron chi connectivity index (χ4n) is 1.39. The number of aliphatic hydroxyl groups excluding tert-OH is 1. The van der Waals surface area contributed by atoms with Crippen LogP contribution in [0.5, 0.6) is 0 Å². The van der Waals surface area contributed by atoms with Crippen LogP contribution in [-0.4, -0.2) is 10.0 Å². The highest BCUT2D eigenvalue weighted by atomic mass is 16.6. The highest BCUT2D eigenvalue weighted by Gasteiger charge is 2.23. The lowest BCUT2D eigenvalue weighted by atomic mass is 9.96. The minimum atomic E-state index is -0.936. The summed E-state index contributed by atoms with van der Waals surface area (Å²) in [6, 6.07) is 5.88. The van der Waals surface area contributed by atoms with Crippen LogP contribution in [0.25, 0.3) is 0 Å². The van der Waals surface area contributed by atoms with Crippen molar-refractivity contribution in [1.82, 2.24) is 0 Å². The molecule has 0 aliphatic rings. The first-order valence-electron chi connectivity index (χ1n) is 4.84. The molecular formula is C11H12N2O3. The molecule has 84 valence electrons. The molecule has 0 saturated carbocycles. The van der Waals surface area contributed by atoms with E-state index >= 15 is 0 Å². The summed E-state index contributed by atoms with van der Waals surface area (Å²) in [6.07, 6.45) is -0.936. The van der Waals surface area contributed by atoms with Crippen molar-refractivity contribution in [2.75, 3.05) is 0 Å². The summed E-state index contributed by atoms with van der Waals surface area (Å²) in [4.78, 5) is 10.2. The van der Waals surface area contributed by atoms with Crippen LogP contribution in [0.4, 0.5) is 5.69 Å². The Morgan fingerprint density at radius 3 is 2.56 bits per heavy atom. The second-order valence-corrected chi connectivity index (χ2v) is 3.83. The second kappa shape index (κ2) is 4.73. The highest BCUT2D eigenvalue weighted by Crippen LogP contribution is 2.30. The van der Waals surface area contributed by atoms with E-state index in [1.165, 1.54) is 18.2 Å². The summed E-state index contributed by atoms with van der Waals surface area (Å²) in [5, 5.41) is 29.3. The number of nitrogens with zero attached hydrogens (tertiary/aromatic N) is 2. The molecule has 1 N–H and O–H groups in total. The van der Waals surface area contributed by atoms with Crippen molar-refractivity contribution in [2.45, 2.75) is 20.0 Å². The van der Waals surface area contributed by atoms with Crippen molar-refractivity contribution in [1.29, 1.82) is 5.26 Å². The van der Waals surface area contributed by atoms with Crippen molar-refractivity contribution in [3.05, 3.63) is 39.4 Å². The molecule has 0 aliphatic heterocycles. The van der Waals surface area contributed by atoms with Crippen molar-refractivity contribution >= 4 is 5.69 Å². The molecule has 5 heteroatoms. The van der Waals surface area contributed by atoms with Gasteiger partial charge in [0.2, 0.25) is 0 Å². The van der Waals surface area contributed by atoms with E-state index in [9.17, 15) is 15.2 Å². The molecule has 0 bridgehead atoms. The summed E-state index contributed by atoms with van der Waals surface area (Å²) < 4.78 is 0. The summed E-state index contributed by atoms with van der Waals surface area (Å²) in [5.74, 6) is -0.146. The van der Waals surface area contributed by atoms with Crippen LogP contribution in [0, 0.1) is 27.4 Å². The van der Waals surface area contributed by atoms with Gasteiger partial charge in [0.05, 0.1) is 28.2 Å². The standard InChI is InChI=1S/C11H12N2O3/c1-7(2)11(14)9-5-8(6-12)3-4-10(9)13(15)16/h3-5,7,11,14H,1-2H3. The molecule has 0 fully saturated rings. The quantitative estimate of drug-likeness (QED) is 0.624. The Balaban J connectivity index is 3.32. The van der Waals surface area contributed by atoms with Gasteiger partial charge in [-0.15, -0.1) is 0 Å². The second-order valence-electron chi connectivity index (χ2n) is 3.83. The molecule has 16 heavy (non-hydrogen) atoms. The Morgan fingerprint density at radius 2 is 2.12 bits per heavy atom. The van der Waals surface area contributed by atoms with Crippen LogP contribution in [0.3, 0.4) is 0 Å². The molecule has 0 spiro atoms. The molecule has 0 aliphatic carbocycles. The first kappa shape index (κ1) is 12.1. The Morgan fingerprint density at radius 1 is 1.50 bits per heavy atom. The van der Waals surface area contributed by atoms with Crippen LogP contribution in [0.1, 0.15) is 31.1 Å². The molecule has 0 heterocycles. The number of hydrogen-bond donors (Lipinski definition) is 1. The van der Waals surface area contributed by atoms with Gasteiger partial charge in [-0.1, -0.05) is 13.8 Å². The fourth-order valence-corrected chi connectivity index (χ4v) is 1.39. The molecule has 0 amide bonds. The van der Waals surface area contributed by atoms with Crippen LogP contribution in [-0.2, 0) is 0 Å². The van der Waals surface area contributed by atoms with E-state index < -0.39 is 11.0 Å². The number of nitro benzene ring substituents is 1. The number of nitriles is 1. The maximum atomic E-state index is 10.8. The van der Waals surface area contributed by atoms with Gasteiger partial charge in [-0.05, 0) is 18.1 Å². The first-order valence-corrected chi connectivity index (χ1v) is 4.84. The smallest absolute Gasteiger partial charge is 0.275 e. The van der Waals surface area contributed by atoms with Gasteiger partial charge in [0, 0.05) is 6.07 Å².